The van der Waals surface area contributed by atoms with Crippen LogP contribution in [0.5, 0.6) is 0 Å². The van der Waals surface area contributed by atoms with Crippen molar-refractivity contribution in [1.29, 1.82) is 0 Å². The van der Waals surface area contributed by atoms with Crippen LogP contribution in [0.2, 0.25) is 0 Å². The van der Waals surface area contributed by atoms with E-state index in [1.165, 1.54) is 9.25 Å². The van der Waals surface area contributed by atoms with E-state index in [0.717, 1.165) is 12.8 Å². The third-order valence-electron chi connectivity index (χ3n) is 5.42. The Labute approximate surface area is 145 Å². The fourth-order valence-corrected chi connectivity index (χ4v) is 3.95. The summed E-state index contributed by atoms with van der Waals surface area (Å²) in [6.45, 7) is 0.220. The molecule has 2 fully saturated rings. The molecule has 7 nitrogen and oxygen atoms in total. The van der Waals surface area contributed by atoms with Crippen LogP contribution in [0.15, 0.2) is 16.2 Å². The first-order valence-corrected chi connectivity index (χ1v) is 8.82. The first-order valence-electron chi connectivity index (χ1n) is 8.82. The second-order valence-corrected chi connectivity index (χ2v) is 7.15. The zero-order valence-electron chi connectivity index (χ0n) is 14.7. The highest BCUT2D eigenvalue weighted by Gasteiger charge is 2.36. The second-order valence-electron chi connectivity index (χ2n) is 7.15. The van der Waals surface area contributed by atoms with Crippen molar-refractivity contribution in [3.63, 3.8) is 0 Å². The molecule has 1 heterocycles. The molecular formula is C17H25FN4O3. The summed E-state index contributed by atoms with van der Waals surface area (Å²) < 4.78 is 16.8. The fourth-order valence-electron chi connectivity index (χ4n) is 3.95. The van der Waals surface area contributed by atoms with Gasteiger partial charge in [0, 0.05) is 32.5 Å². The minimum Gasteiger partial charge on any atom is -0.393 e. The molecular weight excluding hydrogens is 327 g/mol. The summed E-state index contributed by atoms with van der Waals surface area (Å²) in [7, 11) is 3.25. The molecule has 0 aromatic carbocycles. The zero-order valence-corrected chi connectivity index (χ0v) is 14.7. The van der Waals surface area contributed by atoms with Crippen molar-refractivity contribution < 1.29 is 14.3 Å². The van der Waals surface area contributed by atoms with E-state index in [9.17, 15) is 19.1 Å². The molecule has 0 radical (unpaired) electrons. The molecule has 0 unspecified atom stereocenters. The van der Waals surface area contributed by atoms with Gasteiger partial charge in [-0.15, -0.1) is 0 Å². The Morgan fingerprint density at radius 3 is 2.60 bits per heavy atom. The summed E-state index contributed by atoms with van der Waals surface area (Å²) in [5.74, 6) is -0.924. The highest BCUT2D eigenvalue weighted by molar-refractivity contribution is 5.92. The van der Waals surface area contributed by atoms with Crippen LogP contribution < -0.4 is 11.0 Å². The van der Waals surface area contributed by atoms with Gasteiger partial charge in [0.2, 0.25) is 0 Å². The van der Waals surface area contributed by atoms with Crippen molar-refractivity contribution in [3.8, 4) is 0 Å². The van der Waals surface area contributed by atoms with Crippen molar-refractivity contribution in [1.82, 2.24) is 19.7 Å². The highest BCUT2D eigenvalue weighted by atomic mass is 19.1. The largest absolute Gasteiger partial charge is 0.393 e. The number of halogens is 1. The normalized spacial score (nSPS) is 26.2. The lowest BCUT2D eigenvalue weighted by molar-refractivity contribution is -0.119. The van der Waals surface area contributed by atoms with E-state index in [4.69, 9.17) is 0 Å². The molecule has 0 saturated heterocycles. The molecule has 25 heavy (non-hydrogen) atoms. The van der Waals surface area contributed by atoms with Crippen LogP contribution in [0.4, 0.5) is 4.39 Å². The molecule has 0 aliphatic heterocycles. The quantitative estimate of drug-likeness (QED) is 0.788. The van der Waals surface area contributed by atoms with Gasteiger partial charge in [0.15, 0.2) is 5.83 Å². The number of aliphatic hydroxyl groups excluding tert-OH is 1. The Morgan fingerprint density at radius 2 is 2.00 bits per heavy atom. The number of carbonyl (C=O) groups is 1. The van der Waals surface area contributed by atoms with Crippen LogP contribution in [-0.2, 0) is 18.9 Å². The van der Waals surface area contributed by atoms with E-state index in [0.29, 0.717) is 37.1 Å². The first-order chi connectivity index (χ1) is 11.9. The average Bonchev–Trinajstić information content (AvgIpc) is 3.29. The molecule has 3 rings (SSSR count). The summed E-state index contributed by atoms with van der Waals surface area (Å²) in [6.07, 6.45) is 3.65. The number of hydrogen-bond acceptors (Lipinski definition) is 4. The summed E-state index contributed by atoms with van der Waals surface area (Å²) >= 11 is 0. The fraction of sp³-hybridized carbons (Fsp3) is 0.706. The van der Waals surface area contributed by atoms with Crippen LogP contribution in [0.3, 0.4) is 0 Å². The Morgan fingerprint density at radius 1 is 1.32 bits per heavy atom. The second kappa shape index (κ2) is 7.11. The van der Waals surface area contributed by atoms with Gasteiger partial charge < -0.3 is 10.4 Å². The number of allylic oxidation sites excluding steroid dienone is 1. The zero-order chi connectivity index (χ0) is 18.1. The predicted octanol–water partition coefficient (Wildman–Crippen LogP) is 0.887. The van der Waals surface area contributed by atoms with Gasteiger partial charge in [-0.25, -0.2) is 13.9 Å². The lowest BCUT2D eigenvalue weighted by Gasteiger charge is -2.15. The topological polar surface area (TPSA) is 89.2 Å². The molecule has 1 aromatic heterocycles. The molecule has 3 atom stereocenters. The van der Waals surface area contributed by atoms with E-state index in [-0.39, 0.29) is 24.1 Å². The smallest absolute Gasteiger partial charge is 0.345 e. The number of nitrogens with zero attached hydrogens (tertiary/aromatic N) is 3. The van der Waals surface area contributed by atoms with Crippen LogP contribution in [0.1, 0.15) is 50.3 Å². The molecule has 0 bridgehead atoms. The number of aromatic nitrogens is 3. The summed E-state index contributed by atoms with van der Waals surface area (Å²) in [5, 5.41) is 17.1. The van der Waals surface area contributed by atoms with Gasteiger partial charge in [-0.1, -0.05) is 0 Å². The van der Waals surface area contributed by atoms with Crippen LogP contribution in [0, 0.1) is 5.92 Å². The van der Waals surface area contributed by atoms with Crippen LogP contribution in [-0.4, -0.2) is 38.0 Å². The van der Waals surface area contributed by atoms with Gasteiger partial charge in [-0.2, -0.15) is 5.10 Å². The SMILES string of the molecule is Cn1nc([C@H]2C[C@H](CNC(=O)C(F)=C3CCCC3)[C@H](O)C2)n(C)c1=O. The molecule has 2 aliphatic rings. The van der Waals surface area contributed by atoms with E-state index in [1.54, 1.807) is 14.1 Å². The van der Waals surface area contributed by atoms with Crippen molar-refractivity contribution >= 4 is 5.91 Å². The third kappa shape index (κ3) is 3.53. The lowest BCUT2D eigenvalue weighted by Crippen LogP contribution is -2.33. The van der Waals surface area contributed by atoms with Crippen molar-refractivity contribution in [2.45, 2.75) is 50.5 Å². The van der Waals surface area contributed by atoms with Gasteiger partial charge in [0.1, 0.15) is 5.82 Å². The Balaban J connectivity index is 1.60. The molecule has 1 amide bonds. The van der Waals surface area contributed by atoms with Gasteiger partial charge in [0.25, 0.3) is 5.91 Å². The minimum atomic E-state index is -0.683. The molecule has 138 valence electrons. The van der Waals surface area contributed by atoms with Crippen molar-refractivity contribution in [2.75, 3.05) is 6.54 Å². The first kappa shape index (κ1) is 17.8. The maximum Gasteiger partial charge on any atom is 0.345 e. The van der Waals surface area contributed by atoms with E-state index in [1.807, 2.05) is 0 Å². The number of aryl methyl sites for hydroxylation is 1. The number of carbonyl (C=O) groups excluding carboxylic acids is 1. The monoisotopic (exact) mass is 352 g/mol. The maximum atomic E-state index is 14.1. The number of hydrogen-bond donors (Lipinski definition) is 2. The van der Waals surface area contributed by atoms with E-state index < -0.39 is 17.8 Å². The maximum absolute atomic E-state index is 14.1. The molecule has 1 aromatic rings. The molecule has 2 aliphatic carbocycles. The predicted molar refractivity (Wildman–Crippen MR) is 89.5 cm³/mol. The van der Waals surface area contributed by atoms with Gasteiger partial charge in [-0.3, -0.25) is 9.36 Å². The number of nitrogens with one attached hydrogen (secondary N) is 1. The van der Waals surface area contributed by atoms with Crippen molar-refractivity contribution in [2.24, 2.45) is 20.0 Å². The molecule has 2 N–H and O–H groups in total. The van der Waals surface area contributed by atoms with Crippen LogP contribution in [0.25, 0.3) is 0 Å². The van der Waals surface area contributed by atoms with Gasteiger partial charge >= 0.3 is 5.69 Å². The summed E-state index contributed by atoms with van der Waals surface area (Å²) in [4.78, 5) is 23.8. The Bertz CT molecular complexity index is 744. The van der Waals surface area contributed by atoms with E-state index in [2.05, 4.69) is 10.4 Å². The molecule has 2 saturated carbocycles. The van der Waals surface area contributed by atoms with Crippen molar-refractivity contribution in [3.05, 3.63) is 27.7 Å². The Kier molecular flexibility index (Phi) is 5.08. The Hall–Kier alpha value is -1.96. The van der Waals surface area contributed by atoms with Gasteiger partial charge in [0.05, 0.1) is 6.10 Å². The lowest BCUT2D eigenvalue weighted by atomic mass is 10.0. The number of rotatable bonds is 4. The number of amides is 1. The van der Waals surface area contributed by atoms with Crippen LogP contribution >= 0.6 is 0 Å². The molecule has 8 heteroatoms. The van der Waals surface area contributed by atoms with E-state index >= 15 is 0 Å². The summed E-state index contributed by atoms with van der Waals surface area (Å²) in [6, 6.07) is 0. The highest BCUT2D eigenvalue weighted by Crippen LogP contribution is 2.37. The summed E-state index contributed by atoms with van der Waals surface area (Å²) in [5.41, 5.74) is 0.400. The standard InChI is InChI=1S/C17H25FN4O3/c1-21-15(20-22(2)17(21)25)11-7-12(13(23)8-11)9-19-16(24)14(18)10-5-3-4-6-10/h11-13,23H,3-9H2,1-2H3,(H,19,24)/t11-,12+,13+/m0/s1. The molecule has 0 spiro atoms. The number of aliphatic hydroxyl groups is 1. The minimum absolute atomic E-state index is 0.0474. The third-order valence-corrected chi connectivity index (χ3v) is 5.42. The average molecular weight is 352 g/mol. The van der Waals surface area contributed by atoms with Gasteiger partial charge in [-0.05, 0) is 44.1 Å².